The Hall–Kier alpha value is -0.900. The zero-order valence-electron chi connectivity index (χ0n) is 7.83. The van der Waals surface area contributed by atoms with Gasteiger partial charge in [-0.3, -0.25) is 0 Å². The SMILES string of the molecule is C=CCNc1cc(Br)nc(C2CC2)n1. The van der Waals surface area contributed by atoms with Gasteiger partial charge in [0.25, 0.3) is 0 Å². The van der Waals surface area contributed by atoms with Crippen LogP contribution in [0.2, 0.25) is 0 Å². The van der Waals surface area contributed by atoms with Gasteiger partial charge in [-0.25, -0.2) is 9.97 Å². The average molecular weight is 254 g/mol. The molecule has 1 saturated carbocycles. The van der Waals surface area contributed by atoms with E-state index in [1.54, 1.807) is 0 Å². The van der Waals surface area contributed by atoms with E-state index < -0.39 is 0 Å². The number of aromatic nitrogens is 2. The third kappa shape index (κ3) is 2.32. The Kier molecular flexibility index (Phi) is 2.82. The van der Waals surface area contributed by atoms with Crippen LogP contribution >= 0.6 is 15.9 Å². The molecule has 1 aromatic heterocycles. The lowest BCUT2D eigenvalue weighted by Gasteiger charge is -2.05. The Balaban J connectivity index is 2.17. The van der Waals surface area contributed by atoms with Crippen molar-refractivity contribution in [3.05, 3.63) is 29.1 Å². The molecule has 1 aromatic rings. The van der Waals surface area contributed by atoms with Crippen LogP contribution in [0.3, 0.4) is 0 Å². The van der Waals surface area contributed by atoms with Crippen molar-refractivity contribution >= 4 is 21.7 Å². The van der Waals surface area contributed by atoms with Gasteiger partial charge < -0.3 is 5.32 Å². The summed E-state index contributed by atoms with van der Waals surface area (Å²) in [6, 6.07) is 1.88. The van der Waals surface area contributed by atoms with Crippen LogP contribution in [-0.2, 0) is 0 Å². The fourth-order valence-corrected chi connectivity index (χ4v) is 1.63. The molecule has 1 aliphatic carbocycles. The van der Waals surface area contributed by atoms with Crippen molar-refractivity contribution in [3.8, 4) is 0 Å². The Labute approximate surface area is 91.8 Å². The van der Waals surface area contributed by atoms with E-state index in [0.29, 0.717) is 5.92 Å². The number of rotatable bonds is 4. The second-order valence-electron chi connectivity index (χ2n) is 3.38. The molecule has 3 nitrogen and oxygen atoms in total. The summed E-state index contributed by atoms with van der Waals surface area (Å²) >= 11 is 3.38. The van der Waals surface area contributed by atoms with Gasteiger partial charge in [0.15, 0.2) is 0 Å². The molecular weight excluding hydrogens is 242 g/mol. The predicted molar refractivity (Wildman–Crippen MR) is 60.4 cm³/mol. The molecule has 1 aliphatic rings. The highest BCUT2D eigenvalue weighted by molar-refractivity contribution is 9.10. The van der Waals surface area contributed by atoms with Gasteiger partial charge in [-0.1, -0.05) is 6.08 Å². The van der Waals surface area contributed by atoms with Crippen LogP contribution in [0.1, 0.15) is 24.6 Å². The fourth-order valence-electron chi connectivity index (χ4n) is 1.23. The molecule has 1 heterocycles. The topological polar surface area (TPSA) is 37.8 Å². The molecule has 2 rings (SSSR count). The van der Waals surface area contributed by atoms with E-state index in [-0.39, 0.29) is 0 Å². The van der Waals surface area contributed by atoms with Gasteiger partial charge in [0, 0.05) is 18.5 Å². The van der Waals surface area contributed by atoms with Crippen LogP contribution < -0.4 is 5.32 Å². The highest BCUT2D eigenvalue weighted by atomic mass is 79.9. The van der Waals surface area contributed by atoms with Crippen molar-refractivity contribution < 1.29 is 0 Å². The zero-order chi connectivity index (χ0) is 9.97. The maximum absolute atomic E-state index is 4.43. The molecule has 14 heavy (non-hydrogen) atoms. The smallest absolute Gasteiger partial charge is 0.135 e. The molecule has 0 atom stereocenters. The summed E-state index contributed by atoms with van der Waals surface area (Å²) < 4.78 is 0.848. The molecule has 0 aliphatic heterocycles. The van der Waals surface area contributed by atoms with Crippen molar-refractivity contribution in [1.29, 1.82) is 0 Å². The van der Waals surface area contributed by atoms with Crippen molar-refractivity contribution in [2.45, 2.75) is 18.8 Å². The number of nitrogens with one attached hydrogen (secondary N) is 1. The predicted octanol–water partition coefficient (Wildman–Crippen LogP) is 2.71. The molecule has 0 amide bonds. The van der Waals surface area contributed by atoms with E-state index in [1.165, 1.54) is 12.8 Å². The van der Waals surface area contributed by atoms with Crippen LogP contribution in [0.15, 0.2) is 23.3 Å². The van der Waals surface area contributed by atoms with E-state index in [9.17, 15) is 0 Å². The monoisotopic (exact) mass is 253 g/mol. The molecule has 0 spiro atoms. The van der Waals surface area contributed by atoms with E-state index in [4.69, 9.17) is 0 Å². The maximum atomic E-state index is 4.43. The van der Waals surface area contributed by atoms with Crippen molar-refractivity contribution in [1.82, 2.24) is 9.97 Å². The molecule has 1 N–H and O–H groups in total. The second-order valence-corrected chi connectivity index (χ2v) is 4.19. The van der Waals surface area contributed by atoms with Gasteiger partial charge in [0.2, 0.25) is 0 Å². The molecular formula is C10H12BrN3. The van der Waals surface area contributed by atoms with E-state index in [1.807, 2.05) is 12.1 Å². The van der Waals surface area contributed by atoms with Crippen LogP contribution in [0.5, 0.6) is 0 Å². The van der Waals surface area contributed by atoms with Crippen molar-refractivity contribution in [2.75, 3.05) is 11.9 Å². The van der Waals surface area contributed by atoms with Crippen LogP contribution in [-0.4, -0.2) is 16.5 Å². The highest BCUT2D eigenvalue weighted by Gasteiger charge is 2.27. The number of halogens is 1. The van der Waals surface area contributed by atoms with Gasteiger partial charge in [-0.05, 0) is 28.8 Å². The first-order chi connectivity index (χ1) is 6.79. The van der Waals surface area contributed by atoms with Crippen molar-refractivity contribution in [3.63, 3.8) is 0 Å². The molecule has 0 saturated heterocycles. The lowest BCUT2D eigenvalue weighted by atomic mass is 10.4. The summed E-state index contributed by atoms with van der Waals surface area (Å²) in [5, 5.41) is 3.16. The van der Waals surface area contributed by atoms with E-state index >= 15 is 0 Å². The molecule has 74 valence electrons. The molecule has 0 aromatic carbocycles. The van der Waals surface area contributed by atoms with E-state index in [2.05, 4.69) is 37.8 Å². The van der Waals surface area contributed by atoms with E-state index in [0.717, 1.165) is 22.8 Å². The van der Waals surface area contributed by atoms with Gasteiger partial charge >= 0.3 is 0 Å². The molecule has 0 unspecified atom stereocenters. The maximum Gasteiger partial charge on any atom is 0.135 e. The summed E-state index contributed by atoms with van der Waals surface area (Å²) in [6.07, 6.45) is 4.25. The average Bonchev–Trinajstić information content (AvgIpc) is 2.97. The zero-order valence-corrected chi connectivity index (χ0v) is 9.42. The normalized spacial score (nSPS) is 15.2. The standard InChI is InChI=1S/C10H12BrN3/c1-2-5-12-9-6-8(11)13-10(14-9)7-3-4-7/h2,6-7H,1,3-5H2,(H,12,13,14). The number of nitrogens with zero attached hydrogens (tertiary/aromatic N) is 2. The molecule has 0 radical (unpaired) electrons. The number of anilines is 1. The Morgan fingerprint density at radius 1 is 1.57 bits per heavy atom. The largest absolute Gasteiger partial charge is 0.366 e. The van der Waals surface area contributed by atoms with Crippen LogP contribution in [0.25, 0.3) is 0 Å². The van der Waals surface area contributed by atoms with Crippen LogP contribution in [0.4, 0.5) is 5.82 Å². The Morgan fingerprint density at radius 3 is 3.00 bits per heavy atom. The first-order valence-corrected chi connectivity index (χ1v) is 5.48. The lowest BCUT2D eigenvalue weighted by molar-refractivity contribution is 0.915. The minimum absolute atomic E-state index is 0.580. The summed E-state index contributed by atoms with van der Waals surface area (Å²) in [5.74, 6) is 2.40. The quantitative estimate of drug-likeness (QED) is 0.663. The minimum Gasteiger partial charge on any atom is -0.366 e. The van der Waals surface area contributed by atoms with Gasteiger partial charge in [0.1, 0.15) is 16.2 Å². The number of hydrogen-bond donors (Lipinski definition) is 1. The minimum atomic E-state index is 0.580. The Morgan fingerprint density at radius 2 is 2.36 bits per heavy atom. The Bertz CT molecular complexity index is 347. The molecule has 1 fully saturated rings. The van der Waals surface area contributed by atoms with Gasteiger partial charge in [-0.2, -0.15) is 0 Å². The molecule has 4 heteroatoms. The lowest BCUT2D eigenvalue weighted by Crippen LogP contribution is -2.03. The second kappa shape index (κ2) is 4.09. The summed E-state index contributed by atoms with van der Waals surface area (Å²) in [7, 11) is 0. The summed E-state index contributed by atoms with van der Waals surface area (Å²) in [6.45, 7) is 4.38. The first kappa shape index (κ1) is 9.65. The van der Waals surface area contributed by atoms with Gasteiger partial charge in [-0.15, -0.1) is 6.58 Å². The fraction of sp³-hybridized carbons (Fsp3) is 0.400. The van der Waals surface area contributed by atoms with Crippen LogP contribution in [0, 0.1) is 0 Å². The first-order valence-electron chi connectivity index (χ1n) is 4.69. The molecule has 0 bridgehead atoms. The van der Waals surface area contributed by atoms with Crippen molar-refractivity contribution in [2.24, 2.45) is 0 Å². The summed E-state index contributed by atoms with van der Waals surface area (Å²) in [5.41, 5.74) is 0. The number of hydrogen-bond acceptors (Lipinski definition) is 3. The third-order valence-electron chi connectivity index (χ3n) is 2.08. The van der Waals surface area contributed by atoms with Gasteiger partial charge in [0.05, 0.1) is 0 Å². The third-order valence-corrected chi connectivity index (χ3v) is 2.49. The highest BCUT2D eigenvalue weighted by Crippen LogP contribution is 2.38. The summed E-state index contributed by atoms with van der Waals surface area (Å²) in [4.78, 5) is 8.78.